The van der Waals surface area contributed by atoms with Gasteiger partial charge in [-0.3, -0.25) is 4.79 Å². The lowest BCUT2D eigenvalue weighted by Gasteiger charge is -2.26. The summed E-state index contributed by atoms with van der Waals surface area (Å²) in [4.78, 5) is 11.9. The Balaban J connectivity index is 1.85. The van der Waals surface area contributed by atoms with Crippen LogP contribution in [0.5, 0.6) is 0 Å². The number of hydrogen-bond donors (Lipinski definition) is 1. The van der Waals surface area contributed by atoms with Crippen molar-refractivity contribution in [3.8, 4) is 0 Å². The predicted molar refractivity (Wildman–Crippen MR) is 58.4 cm³/mol. The van der Waals surface area contributed by atoms with E-state index < -0.39 is 0 Å². The molecule has 0 radical (unpaired) electrons. The molecule has 2 rings (SSSR count). The third-order valence-corrected chi connectivity index (χ3v) is 3.95. The average molecular weight is 211 g/mol. The first-order valence-corrected chi connectivity index (χ1v) is 6.10. The number of ketones is 1. The smallest absolute Gasteiger partial charge is 0.163 e. The van der Waals surface area contributed by atoms with Crippen LogP contribution in [0, 0.1) is 17.8 Å². The fourth-order valence-electron chi connectivity index (χ4n) is 3.23. The Morgan fingerprint density at radius 1 is 1.40 bits per heavy atom. The van der Waals surface area contributed by atoms with Gasteiger partial charge in [0.2, 0.25) is 0 Å². The number of hydrogen-bond acceptors (Lipinski definition) is 3. The Morgan fingerprint density at radius 2 is 2.13 bits per heavy atom. The van der Waals surface area contributed by atoms with Crippen LogP contribution in [0.4, 0.5) is 0 Å². The standard InChI is InChI=1S/C12H21NO2/c1-2-5-15-7-10(14)11-8-3-4-9(6-8)12(11)13/h8-9,11-12H,2-7,13H2,1H3. The summed E-state index contributed by atoms with van der Waals surface area (Å²) < 4.78 is 5.31. The summed E-state index contributed by atoms with van der Waals surface area (Å²) in [5.74, 6) is 1.50. The molecular formula is C12H21NO2. The van der Waals surface area contributed by atoms with E-state index in [9.17, 15) is 4.79 Å². The van der Waals surface area contributed by atoms with Gasteiger partial charge in [0.1, 0.15) is 6.61 Å². The minimum absolute atomic E-state index is 0.0978. The van der Waals surface area contributed by atoms with Crippen molar-refractivity contribution in [3.63, 3.8) is 0 Å². The Hall–Kier alpha value is -0.410. The summed E-state index contributed by atoms with van der Waals surface area (Å²) in [7, 11) is 0. The van der Waals surface area contributed by atoms with Crippen LogP contribution in [-0.2, 0) is 9.53 Å². The van der Waals surface area contributed by atoms with Crippen LogP contribution >= 0.6 is 0 Å². The maximum atomic E-state index is 11.9. The highest BCUT2D eigenvalue weighted by atomic mass is 16.5. The summed E-state index contributed by atoms with van der Waals surface area (Å²) in [6, 6.07) is 0.112. The largest absolute Gasteiger partial charge is 0.374 e. The Bertz CT molecular complexity index is 240. The quantitative estimate of drug-likeness (QED) is 0.698. The van der Waals surface area contributed by atoms with Gasteiger partial charge in [0, 0.05) is 18.6 Å². The van der Waals surface area contributed by atoms with Crippen LogP contribution in [-0.4, -0.2) is 25.0 Å². The van der Waals surface area contributed by atoms with E-state index in [-0.39, 0.29) is 24.3 Å². The van der Waals surface area contributed by atoms with Crippen molar-refractivity contribution < 1.29 is 9.53 Å². The minimum atomic E-state index is 0.0978. The molecule has 15 heavy (non-hydrogen) atoms. The monoisotopic (exact) mass is 211 g/mol. The molecule has 2 saturated carbocycles. The second-order valence-electron chi connectivity index (χ2n) is 4.96. The summed E-state index contributed by atoms with van der Waals surface area (Å²) in [5.41, 5.74) is 6.09. The minimum Gasteiger partial charge on any atom is -0.374 e. The first kappa shape index (κ1) is 11.1. The lowest BCUT2D eigenvalue weighted by atomic mass is 9.82. The summed E-state index contributed by atoms with van der Waals surface area (Å²) >= 11 is 0. The van der Waals surface area contributed by atoms with Gasteiger partial charge in [-0.25, -0.2) is 0 Å². The number of nitrogens with two attached hydrogens (primary N) is 1. The van der Waals surface area contributed by atoms with Crippen molar-refractivity contribution in [3.05, 3.63) is 0 Å². The first-order valence-electron chi connectivity index (χ1n) is 6.10. The highest BCUT2D eigenvalue weighted by Crippen LogP contribution is 2.47. The molecule has 2 bridgehead atoms. The summed E-state index contributed by atoms with van der Waals surface area (Å²) in [6.07, 6.45) is 4.56. The normalized spacial score (nSPS) is 38.5. The van der Waals surface area contributed by atoms with Gasteiger partial charge in [0.25, 0.3) is 0 Å². The van der Waals surface area contributed by atoms with E-state index in [4.69, 9.17) is 10.5 Å². The number of ether oxygens (including phenoxy) is 1. The van der Waals surface area contributed by atoms with Crippen LogP contribution in [0.3, 0.4) is 0 Å². The van der Waals surface area contributed by atoms with Gasteiger partial charge in [-0.05, 0) is 37.5 Å². The maximum absolute atomic E-state index is 11.9. The number of Topliss-reactive ketones (excluding diaryl/α,β-unsaturated/α-hetero) is 1. The van der Waals surface area contributed by atoms with Crippen LogP contribution in [0.1, 0.15) is 32.6 Å². The van der Waals surface area contributed by atoms with Crippen LogP contribution in [0.25, 0.3) is 0 Å². The molecule has 2 N–H and O–H groups in total. The SMILES string of the molecule is CCCOCC(=O)C1C2CCC(C2)C1N. The van der Waals surface area contributed by atoms with Crippen molar-refractivity contribution in [2.75, 3.05) is 13.2 Å². The molecule has 4 unspecified atom stereocenters. The van der Waals surface area contributed by atoms with Crippen molar-refractivity contribution in [2.45, 2.75) is 38.6 Å². The molecule has 2 fully saturated rings. The molecule has 0 amide bonds. The molecule has 0 spiro atoms. The fraction of sp³-hybridized carbons (Fsp3) is 0.917. The first-order chi connectivity index (χ1) is 7.24. The molecule has 4 atom stereocenters. The van der Waals surface area contributed by atoms with E-state index in [1.807, 2.05) is 6.92 Å². The molecule has 0 aromatic heterocycles. The topological polar surface area (TPSA) is 52.3 Å². The Morgan fingerprint density at radius 3 is 2.73 bits per heavy atom. The van der Waals surface area contributed by atoms with E-state index in [0.29, 0.717) is 18.4 Å². The Kier molecular flexibility index (Phi) is 3.42. The predicted octanol–water partition coefficient (Wildman–Crippen LogP) is 1.36. The van der Waals surface area contributed by atoms with Crippen LogP contribution < -0.4 is 5.73 Å². The van der Waals surface area contributed by atoms with E-state index >= 15 is 0 Å². The molecule has 0 aliphatic heterocycles. The summed E-state index contributed by atoms with van der Waals surface area (Å²) in [6.45, 7) is 3.00. The number of carbonyl (C=O) groups excluding carboxylic acids is 1. The Labute approximate surface area is 91.4 Å². The molecule has 2 aliphatic carbocycles. The zero-order valence-corrected chi connectivity index (χ0v) is 9.45. The van der Waals surface area contributed by atoms with E-state index in [0.717, 1.165) is 6.42 Å². The molecule has 0 aromatic rings. The van der Waals surface area contributed by atoms with Crippen LogP contribution in [0.2, 0.25) is 0 Å². The number of fused-ring (bicyclic) bond motifs is 2. The average Bonchev–Trinajstić information content (AvgIpc) is 2.78. The third kappa shape index (κ3) is 2.08. The van der Waals surface area contributed by atoms with E-state index in [1.54, 1.807) is 0 Å². The summed E-state index contributed by atoms with van der Waals surface area (Å²) in [5, 5.41) is 0. The van der Waals surface area contributed by atoms with Crippen LogP contribution in [0.15, 0.2) is 0 Å². The molecule has 0 aromatic carbocycles. The number of carbonyl (C=O) groups is 1. The van der Waals surface area contributed by atoms with Gasteiger partial charge in [-0.15, -0.1) is 0 Å². The molecule has 0 heterocycles. The van der Waals surface area contributed by atoms with Crippen molar-refractivity contribution in [1.29, 1.82) is 0 Å². The third-order valence-electron chi connectivity index (χ3n) is 3.95. The fourth-order valence-corrected chi connectivity index (χ4v) is 3.23. The lowest BCUT2D eigenvalue weighted by Crippen LogP contribution is -2.41. The number of rotatable bonds is 5. The van der Waals surface area contributed by atoms with Gasteiger partial charge in [-0.2, -0.15) is 0 Å². The second-order valence-corrected chi connectivity index (χ2v) is 4.96. The van der Waals surface area contributed by atoms with E-state index in [1.165, 1.54) is 19.3 Å². The van der Waals surface area contributed by atoms with Gasteiger partial charge in [0.05, 0.1) is 0 Å². The molecule has 3 nitrogen and oxygen atoms in total. The molecular weight excluding hydrogens is 190 g/mol. The molecule has 2 aliphatic rings. The highest BCUT2D eigenvalue weighted by molar-refractivity contribution is 5.83. The zero-order chi connectivity index (χ0) is 10.8. The van der Waals surface area contributed by atoms with Gasteiger partial charge >= 0.3 is 0 Å². The molecule has 0 saturated heterocycles. The van der Waals surface area contributed by atoms with Crippen molar-refractivity contribution in [1.82, 2.24) is 0 Å². The van der Waals surface area contributed by atoms with Gasteiger partial charge < -0.3 is 10.5 Å². The molecule has 86 valence electrons. The van der Waals surface area contributed by atoms with E-state index in [2.05, 4.69) is 0 Å². The maximum Gasteiger partial charge on any atom is 0.163 e. The highest BCUT2D eigenvalue weighted by Gasteiger charge is 2.48. The molecule has 3 heteroatoms. The zero-order valence-electron chi connectivity index (χ0n) is 9.45. The van der Waals surface area contributed by atoms with Gasteiger partial charge in [-0.1, -0.05) is 6.92 Å². The van der Waals surface area contributed by atoms with Crippen molar-refractivity contribution in [2.24, 2.45) is 23.5 Å². The van der Waals surface area contributed by atoms with Gasteiger partial charge in [0.15, 0.2) is 5.78 Å². The van der Waals surface area contributed by atoms with Crippen molar-refractivity contribution >= 4 is 5.78 Å². The second kappa shape index (κ2) is 4.62. The lowest BCUT2D eigenvalue weighted by molar-refractivity contribution is -0.129.